The Labute approximate surface area is 136 Å². The number of anilines is 4. The summed E-state index contributed by atoms with van der Waals surface area (Å²) < 4.78 is 0. The molecule has 0 radical (unpaired) electrons. The van der Waals surface area contributed by atoms with Crippen LogP contribution in [-0.4, -0.2) is 36.4 Å². The summed E-state index contributed by atoms with van der Waals surface area (Å²) in [6.45, 7) is 6.23. The summed E-state index contributed by atoms with van der Waals surface area (Å²) >= 11 is 0. The van der Waals surface area contributed by atoms with Crippen molar-refractivity contribution in [3.8, 4) is 0 Å². The van der Waals surface area contributed by atoms with E-state index >= 15 is 0 Å². The van der Waals surface area contributed by atoms with Crippen molar-refractivity contribution in [3.05, 3.63) is 36.2 Å². The molecule has 0 atom stereocenters. The highest BCUT2D eigenvalue weighted by Gasteiger charge is 2.08. The first-order valence-electron chi connectivity index (χ1n) is 7.48. The molecular weight excluding hydrogens is 292 g/mol. The molecule has 23 heavy (non-hydrogen) atoms. The lowest BCUT2D eigenvalue weighted by atomic mass is 10.2. The third-order valence-corrected chi connectivity index (χ3v) is 3.46. The highest BCUT2D eigenvalue weighted by molar-refractivity contribution is 5.92. The van der Waals surface area contributed by atoms with Gasteiger partial charge in [0.15, 0.2) is 0 Å². The summed E-state index contributed by atoms with van der Waals surface area (Å²) in [6, 6.07) is 8.15. The van der Waals surface area contributed by atoms with Crippen LogP contribution in [-0.2, 0) is 4.84 Å². The van der Waals surface area contributed by atoms with Crippen LogP contribution >= 0.6 is 0 Å². The maximum absolute atomic E-state index is 5.87. The Morgan fingerprint density at radius 2 is 1.91 bits per heavy atom. The summed E-state index contributed by atoms with van der Waals surface area (Å²) in [7, 11) is 1.47. The molecule has 0 saturated heterocycles. The van der Waals surface area contributed by atoms with Gasteiger partial charge in [-0.3, -0.25) is 0 Å². The highest BCUT2D eigenvalue weighted by Crippen LogP contribution is 2.23. The number of rotatable bonds is 7. The molecule has 2 aromatic rings. The minimum atomic E-state index is 0.336. The van der Waals surface area contributed by atoms with Gasteiger partial charge in [-0.1, -0.05) is 5.16 Å². The molecule has 3 N–H and O–H groups in total. The molecule has 2 rings (SSSR count). The number of aromatic nitrogens is 2. The molecule has 7 heteroatoms. The Morgan fingerprint density at radius 3 is 2.52 bits per heavy atom. The minimum Gasteiger partial charge on any atom is -0.399 e. The fraction of sp³-hybridized carbons (Fsp3) is 0.312. The van der Waals surface area contributed by atoms with Crippen LogP contribution in [0.2, 0.25) is 0 Å². The van der Waals surface area contributed by atoms with Gasteiger partial charge in [0, 0.05) is 24.5 Å². The number of hydrogen-bond acceptors (Lipinski definition) is 7. The molecule has 1 aromatic carbocycles. The van der Waals surface area contributed by atoms with Crippen molar-refractivity contribution in [3.63, 3.8) is 0 Å². The lowest BCUT2D eigenvalue weighted by Gasteiger charge is -2.21. The van der Waals surface area contributed by atoms with E-state index in [-0.39, 0.29) is 0 Å². The standard InChI is InChI=1S/C16H22N6O/c1-4-22(5-2)13-8-6-12(7-9-13)21-16-14(10-20-23-3)15(17)18-11-19-16/h6-11H,4-5H2,1-3H3,(H3,17,18,19,21)/b20-10+. The van der Waals surface area contributed by atoms with Gasteiger partial charge in [-0.2, -0.15) is 0 Å². The van der Waals surface area contributed by atoms with E-state index in [1.54, 1.807) is 0 Å². The van der Waals surface area contributed by atoms with Crippen LogP contribution in [0.4, 0.5) is 23.0 Å². The van der Waals surface area contributed by atoms with Crippen LogP contribution in [0.1, 0.15) is 19.4 Å². The monoisotopic (exact) mass is 314 g/mol. The molecule has 122 valence electrons. The minimum absolute atomic E-state index is 0.336. The molecule has 0 fully saturated rings. The van der Waals surface area contributed by atoms with E-state index in [0.29, 0.717) is 17.2 Å². The normalized spacial score (nSPS) is 10.7. The molecule has 0 unspecified atom stereocenters. The van der Waals surface area contributed by atoms with Crippen LogP contribution in [0, 0.1) is 0 Å². The number of hydrogen-bond donors (Lipinski definition) is 2. The third-order valence-electron chi connectivity index (χ3n) is 3.46. The molecule has 0 aliphatic heterocycles. The number of nitrogens with one attached hydrogen (secondary N) is 1. The zero-order valence-electron chi connectivity index (χ0n) is 13.7. The van der Waals surface area contributed by atoms with Crippen molar-refractivity contribution in [2.75, 3.05) is 36.1 Å². The van der Waals surface area contributed by atoms with Gasteiger partial charge in [-0.25, -0.2) is 9.97 Å². The SMILES string of the molecule is CCN(CC)c1ccc(Nc2ncnc(N)c2/C=N/OC)cc1. The zero-order valence-corrected chi connectivity index (χ0v) is 13.7. The fourth-order valence-electron chi connectivity index (χ4n) is 2.22. The Morgan fingerprint density at radius 1 is 1.22 bits per heavy atom. The van der Waals surface area contributed by atoms with Gasteiger partial charge in [0.2, 0.25) is 0 Å². The van der Waals surface area contributed by atoms with E-state index in [0.717, 1.165) is 18.8 Å². The van der Waals surface area contributed by atoms with E-state index in [4.69, 9.17) is 10.6 Å². The largest absolute Gasteiger partial charge is 0.399 e. The summed E-state index contributed by atoms with van der Waals surface area (Å²) in [5.41, 5.74) is 8.55. The van der Waals surface area contributed by atoms with Crippen molar-refractivity contribution in [1.29, 1.82) is 0 Å². The first-order valence-corrected chi connectivity index (χ1v) is 7.48. The molecule has 0 saturated carbocycles. The Bertz CT molecular complexity index is 652. The first-order chi connectivity index (χ1) is 11.2. The molecule has 7 nitrogen and oxygen atoms in total. The maximum atomic E-state index is 5.87. The van der Waals surface area contributed by atoms with Crippen LogP contribution in [0.25, 0.3) is 0 Å². The van der Waals surface area contributed by atoms with E-state index in [1.807, 2.05) is 12.1 Å². The van der Waals surface area contributed by atoms with E-state index in [1.165, 1.54) is 25.3 Å². The topological polar surface area (TPSA) is 88.7 Å². The van der Waals surface area contributed by atoms with Crippen molar-refractivity contribution in [2.45, 2.75) is 13.8 Å². The summed E-state index contributed by atoms with van der Waals surface area (Å²) in [6.07, 6.45) is 2.90. The summed E-state index contributed by atoms with van der Waals surface area (Å²) in [5.74, 6) is 0.914. The first kappa shape index (κ1) is 16.5. The van der Waals surface area contributed by atoms with Crippen molar-refractivity contribution in [2.24, 2.45) is 5.16 Å². The second kappa shape index (κ2) is 7.98. The van der Waals surface area contributed by atoms with Gasteiger partial charge < -0.3 is 20.8 Å². The van der Waals surface area contributed by atoms with E-state index in [9.17, 15) is 0 Å². The van der Waals surface area contributed by atoms with Crippen molar-refractivity contribution >= 4 is 29.2 Å². The molecule has 0 aliphatic carbocycles. The predicted molar refractivity (Wildman–Crippen MR) is 94.3 cm³/mol. The zero-order chi connectivity index (χ0) is 16.7. The molecule has 0 spiro atoms. The number of nitrogens with zero attached hydrogens (tertiary/aromatic N) is 4. The smallest absolute Gasteiger partial charge is 0.144 e. The molecule has 1 heterocycles. The van der Waals surface area contributed by atoms with Crippen molar-refractivity contribution in [1.82, 2.24) is 9.97 Å². The maximum Gasteiger partial charge on any atom is 0.144 e. The summed E-state index contributed by atoms with van der Waals surface area (Å²) in [5, 5.41) is 6.96. The van der Waals surface area contributed by atoms with Crippen molar-refractivity contribution < 1.29 is 4.84 Å². The predicted octanol–water partition coefficient (Wildman–Crippen LogP) is 2.63. The van der Waals surface area contributed by atoms with Crippen LogP contribution in [0.5, 0.6) is 0 Å². The quantitative estimate of drug-likeness (QED) is 0.603. The number of oxime groups is 1. The average Bonchev–Trinajstić information content (AvgIpc) is 2.57. The Hall–Kier alpha value is -2.83. The lowest BCUT2D eigenvalue weighted by molar-refractivity contribution is 0.215. The molecular formula is C16H22N6O. The van der Waals surface area contributed by atoms with Crippen LogP contribution in [0.15, 0.2) is 35.7 Å². The van der Waals surface area contributed by atoms with Gasteiger partial charge in [0.05, 0.1) is 11.8 Å². The fourth-order valence-corrected chi connectivity index (χ4v) is 2.22. The van der Waals surface area contributed by atoms with Gasteiger partial charge in [-0.05, 0) is 38.1 Å². The van der Waals surface area contributed by atoms with E-state index in [2.05, 4.69) is 51.3 Å². The second-order valence-electron chi connectivity index (χ2n) is 4.78. The average molecular weight is 314 g/mol. The summed E-state index contributed by atoms with van der Waals surface area (Å²) in [4.78, 5) is 15.2. The third kappa shape index (κ3) is 4.09. The molecule has 0 bridgehead atoms. The number of nitrogen functional groups attached to an aromatic ring is 1. The Kier molecular flexibility index (Phi) is 5.74. The lowest BCUT2D eigenvalue weighted by Crippen LogP contribution is -2.21. The van der Waals surface area contributed by atoms with Crippen LogP contribution in [0.3, 0.4) is 0 Å². The van der Waals surface area contributed by atoms with Gasteiger partial charge in [0.25, 0.3) is 0 Å². The Balaban J connectivity index is 2.22. The second-order valence-corrected chi connectivity index (χ2v) is 4.78. The molecule has 1 aromatic heterocycles. The van der Waals surface area contributed by atoms with Crippen LogP contribution < -0.4 is 16.0 Å². The molecule has 0 aliphatic rings. The van der Waals surface area contributed by atoms with Gasteiger partial charge in [-0.15, -0.1) is 0 Å². The number of nitrogens with two attached hydrogens (primary N) is 1. The van der Waals surface area contributed by atoms with E-state index < -0.39 is 0 Å². The van der Waals surface area contributed by atoms with Gasteiger partial charge in [0.1, 0.15) is 25.1 Å². The van der Waals surface area contributed by atoms with Gasteiger partial charge >= 0.3 is 0 Å². The molecule has 0 amide bonds. The highest BCUT2D eigenvalue weighted by atomic mass is 16.6. The number of benzene rings is 1.